The number of likely N-dealkylation sites (tertiary alicyclic amines) is 1. The fraction of sp³-hybridized carbons (Fsp3) is 0.560. The zero-order valence-corrected chi connectivity index (χ0v) is 20.2. The summed E-state index contributed by atoms with van der Waals surface area (Å²) in [5.74, 6) is -1.67. The monoisotopic (exact) mass is 501 g/mol. The molecule has 9 nitrogen and oxygen atoms in total. The van der Waals surface area contributed by atoms with Gasteiger partial charge in [0.15, 0.2) is 5.78 Å². The molecule has 3 fully saturated rings. The van der Waals surface area contributed by atoms with Crippen LogP contribution in [0.15, 0.2) is 18.2 Å². The lowest BCUT2D eigenvalue weighted by molar-refractivity contribution is -0.139. The Morgan fingerprint density at radius 2 is 1.91 bits per heavy atom. The van der Waals surface area contributed by atoms with Crippen molar-refractivity contribution < 1.29 is 28.7 Å². The molecule has 3 amide bonds. The molecule has 4 atom stereocenters. The maximum atomic E-state index is 13.8. The largest absolute Gasteiger partial charge is 0.366 e. The zero-order valence-electron chi connectivity index (χ0n) is 19.4. The molecule has 4 aliphatic rings. The van der Waals surface area contributed by atoms with Crippen molar-refractivity contribution in [1.82, 2.24) is 10.2 Å². The topological polar surface area (TPSA) is 122 Å². The lowest BCUT2D eigenvalue weighted by Gasteiger charge is -2.35. The average molecular weight is 502 g/mol. The Labute approximate surface area is 207 Å². The van der Waals surface area contributed by atoms with Crippen LogP contribution in [0.3, 0.4) is 0 Å². The summed E-state index contributed by atoms with van der Waals surface area (Å²) in [5.41, 5.74) is 1.35. The van der Waals surface area contributed by atoms with Crippen LogP contribution < -0.4 is 10.6 Å². The molecule has 2 saturated heterocycles. The van der Waals surface area contributed by atoms with Gasteiger partial charge in [-0.3, -0.25) is 24.0 Å². The quantitative estimate of drug-likeness (QED) is 0.476. The van der Waals surface area contributed by atoms with E-state index in [9.17, 15) is 24.0 Å². The minimum atomic E-state index is -0.802. The van der Waals surface area contributed by atoms with Gasteiger partial charge in [-0.2, -0.15) is 0 Å². The van der Waals surface area contributed by atoms with E-state index in [1.807, 2.05) is 0 Å². The first kappa shape index (κ1) is 23.9. The number of amides is 3. The molecular weight excluding hydrogens is 474 g/mol. The molecule has 186 valence electrons. The van der Waals surface area contributed by atoms with Gasteiger partial charge in [0.1, 0.15) is 24.8 Å². The summed E-state index contributed by atoms with van der Waals surface area (Å²) in [6.07, 6.45) is 2.89. The Bertz CT molecular complexity index is 1100. The number of nitrogens with one attached hydrogen (secondary N) is 2. The molecule has 3 heterocycles. The van der Waals surface area contributed by atoms with Gasteiger partial charge in [0.25, 0.3) is 11.8 Å². The second kappa shape index (κ2) is 9.35. The van der Waals surface area contributed by atoms with Gasteiger partial charge in [-0.15, -0.1) is 11.6 Å². The number of ether oxygens (including phenoxy) is 1. The lowest BCUT2D eigenvalue weighted by atomic mass is 9.78. The van der Waals surface area contributed by atoms with Gasteiger partial charge in [-0.25, -0.2) is 0 Å². The predicted molar refractivity (Wildman–Crippen MR) is 126 cm³/mol. The van der Waals surface area contributed by atoms with E-state index in [1.54, 1.807) is 18.2 Å². The van der Waals surface area contributed by atoms with Gasteiger partial charge in [-0.05, 0) is 48.4 Å². The fourth-order valence-corrected chi connectivity index (χ4v) is 6.04. The molecule has 1 saturated carbocycles. The molecule has 5 rings (SSSR count). The summed E-state index contributed by atoms with van der Waals surface area (Å²) < 4.78 is 5.52. The molecule has 1 unspecified atom stereocenters. The number of benzene rings is 1. The number of fused-ring (bicyclic) bond motifs is 2. The summed E-state index contributed by atoms with van der Waals surface area (Å²) >= 11 is 6.40. The summed E-state index contributed by atoms with van der Waals surface area (Å²) in [6, 6.07) is 3.20. The summed E-state index contributed by atoms with van der Waals surface area (Å²) in [7, 11) is 0. The summed E-state index contributed by atoms with van der Waals surface area (Å²) in [5, 5.41) is 4.97. The molecule has 0 bridgehead atoms. The Balaban J connectivity index is 1.39. The normalized spacial score (nSPS) is 31.0. The number of Topliss-reactive ketones (excluding diaryl/α,β-unsaturated/α-hetero) is 2. The second-order valence-corrected chi connectivity index (χ2v) is 10.7. The van der Waals surface area contributed by atoms with Crippen LogP contribution in [-0.4, -0.2) is 70.9 Å². The standard InChI is InChI=1S/C25H28ClN3O6/c1-12-2-4-13(5-3-12)20(25(34)29-10-16(26)22-21(29)19(31)11-35-22)28-23(32)14-6-7-17-15(8-14)9-18(30)24(33)27-17/h6-8,12-13,16,20-22H,2-5,9-11H2,1H3,(H,27,33)(H,28,32)/t12?,13?,16-,20?,21+,22+/m0/s1. The number of ketones is 2. The van der Waals surface area contributed by atoms with Gasteiger partial charge in [0.05, 0.1) is 5.38 Å². The molecule has 1 aromatic carbocycles. The van der Waals surface area contributed by atoms with Crippen molar-refractivity contribution in [2.75, 3.05) is 18.5 Å². The van der Waals surface area contributed by atoms with Gasteiger partial charge >= 0.3 is 0 Å². The van der Waals surface area contributed by atoms with E-state index in [0.29, 0.717) is 22.7 Å². The second-order valence-electron chi connectivity index (χ2n) is 10.1. The molecule has 0 aromatic heterocycles. The van der Waals surface area contributed by atoms with E-state index in [4.69, 9.17) is 16.3 Å². The van der Waals surface area contributed by atoms with Crippen LogP contribution in [0.4, 0.5) is 5.69 Å². The van der Waals surface area contributed by atoms with Gasteiger partial charge in [0, 0.05) is 24.2 Å². The van der Waals surface area contributed by atoms with Crippen molar-refractivity contribution in [3.05, 3.63) is 29.3 Å². The van der Waals surface area contributed by atoms with E-state index < -0.39 is 41.2 Å². The molecule has 0 radical (unpaired) electrons. The van der Waals surface area contributed by atoms with Gasteiger partial charge in [-0.1, -0.05) is 19.8 Å². The summed E-state index contributed by atoms with van der Waals surface area (Å²) in [4.78, 5) is 64.5. The maximum Gasteiger partial charge on any atom is 0.292 e. The molecule has 10 heteroatoms. The van der Waals surface area contributed by atoms with Crippen molar-refractivity contribution in [2.45, 2.75) is 62.6 Å². The molecular formula is C25H28ClN3O6. The molecule has 35 heavy (non-hydrogen) atoms. The Morgan fingerprint density at radius 1 is 1.17 bits per heavy atom. The molecule has 1 aliphatic carbocycles. The minimum absolute atomic E-state index is 0.0635. The van der Waals surface area contributed by atoms with Crippen LogP contribution >= 0.6 is 11.6 Å². The van der Waals surface area contributed by atoms with E-state index in [1.165, 1.54) is 4.90 Å². The number of nitrogens with zero attached hydrogens (tertiary/aromatic N) is 1. The van der Waals surface area contributed by atoms with E-state index >= 15 is 0 Å². The van der Waals surface area contributed by atoms with Crippen LogP contribution in [0, 0.1) is 11.8 Å². The van der Waals surface area contributed by atoms with Crippen LogP contribution in [0.5, 0.6) is 0 Å². The molecule has 2 N–H and O–H groups in total. The lowest BCUT2D eigenvalue weighted by Crippen LogP contribution is -2.55. The van der Waals surface area contributed by atoms with Crippen LogP contribution in [0.2, 0.25) is 0 Å². The molecule has 1 aromatic rings. The van der Waals surface area contributed by atoms with Crippen molar-refractivity contribution in [3.63, 3.8) is 0 Å². The van der Waals surface area contributed by atoms with Crippen molar-refractivity contribution in [3.8, 4) is 0 Å². The highest BCUT2D eigenvalue weighted by atomic mass is 35.5. The number of halogens is 1. The zero-order chi connectivity index (χ0) is 24.9. The SMILES string of the molecule is CC1CCC(C(NC(=O)c2ccc3c(c2)CC(=O)C(=O)N3)C(=O)N2C[C@H](Cl)[C@H]3OCC(=O)[C@H]32)CC1. The van der Waals surface area contributed by atoms with E-state index in [2.05, 4.69) is 17.6 Å². The fourth-order valence-electron chi connectivity index (χ4n) is 5.68. The number of rotatable bonds is 4. The smallest absolute Gasteiger partial charge is 0.292 e. The number of carbonyl (C=O) groups is 5. The van der Waals surface area contributed by atoms with Crippen LogP contribution in [0.1, 0.15) is 48.5 Å². The van der Waals surface area contributed by atoms with E-state index in [-0.39, 0.29) is 37.2 Å². The molecule has 3 aliphatic heterocycles. The maximum absolute atomic E-state index is 13.8. The van der Waals surface area contributed by atoms with Gasteiger partial charge < -0.3 is 20.3 Å². The van der Waals surface area contributed by atoms with Crippen molar-refractivity contribution in [2.24, 2.45) is 11.8 Å². The van der Waals surface area contributed by atoms with Gasteiger partial charge in [0.2, 0.25) is 11.7 Å². The van der Waals surface area contributed by atoms with Crippen LogP contribution in [0.25, 0.3) is 0 Å². The number of carbonyl (C=O) groups excluding carboxylic acids is 5. The highest BCUT2D eigenvalue weighted by molar-refractivity contribution is 6.42. The third kappa shape index (κ3) is 4.47. The Hall–Kier alpha value is -2.78. The summed E-state index contributed by atoms with van der Waals surface area (Å²) in [6.45, 7) is 2.30. The average Bonchev–Trinajstić information content (AvgIpc) is 3.38. The minimum Gasteiger partial charge on any atom is -0.366 e. The predicted octanol–water partition coefficient (Wildman–Crippen LogP) is 1.46. The Morgan fingerprint density at radius 3 is 2.66 bits per heavy atom. The number of hydrogen-bond donors (Lipinski definition) is 2. The Kier molecular flexibility index (Phi) is 6.40. The third-order valence-corrected chi connectivity index (χ3v) is 8.10. The van der Waals surface area contributed by atoms with Crippen LogP contribution in [-0.2, 0) is 30.3 Å². The number of anilines is 1. The van der Waals surface area contributed by atoms with Crippen molar-refractivity contribution in [1.29, 1.82) is 0 Å². The highest BCUT2D eigenvalue weighted by Gasteiger charge is 2.53. The first-order chi connectivity index (χ1) is 16.7. The van der Waals surface area contributed by atoms with Crippen molar-refractivity contribution >= 4 is 46.6 Å². The first-order valence-electron chi connectivity index (χ1n) is 12.1. The first-order valence-corrected chi connectivity index (χ1v) is 12.5. The number of alkyl halides is 1. The highest BCUT2D eigenvalue weighted by Crippen LogP contribution is 2.35. The third-order valence-electron chi connectivity index (χ3n) is 7.71. The molecule has 0 spiro atoms. The van der Waals surface area contributed by atoms with E-state index in [0.717, 1.165) is 25.7 Å². The number of hydrogen-bond acceptors (Lipinski definition) is 6.